The van der Waals surface area contributed by atoms with Gasteiger partial charge in [-0.3, -0.25) is 0 Å². The number of pyridine rings is 1. The van der Waals surface area contributed by atoms with E-state index < -0.39 is 0 Å². The average molecular weight is 272 g/mol. The average Bonchev–Trinajstić information content (AvgIpc) is 2.09. The molecular formula is C8H6Cl4N2. The van der Waals surface area contributed by atoms with Crippen LogP contribution in [0.15, 0.2) is 17.7 Å². The summed E-state index contributed by atoms with van der Waals surface area (Å²) in [6, 6.07) is 1.51. The van der Waals surface area contributed by atoms with Crippen molar-refractivity contribution in [3.8, 4) is 0 Å². The predicted octanol–water partition coefficient (Wildman–Crippen LogP) is 4.21. The molecule has 0 aliphatic heterocycles. The summed E-state index contributed by atoms with van der Waals surface area (Å²) in [6.45, 7) is 3.88. The highest BCUT2D eigenvalue weighted by atomic mass is 35.5. The molecule has 0 unspecified atom stereocenters. The summed E-state index contributed by atoms with van der Waals surface area (Å²) >= 11 is 22.8. The zero-order valence-corrected chi connectivity index (χ0v) is 9.97. The fourth-order valence-electron chi connectivity index (χ4n) is 0.748. The van der Waals surface area contributed by atoms with Crippen molar-refractivity contribution in [3.63, 3.8) is 0 Å². The molecule has 0 spiro atoms. The van der Waals surface area contributed by atoms with Crippen LogP contribution >= 0.6 is 46.4 Å². The second kappa shape index (κ2) is 5.08. The third-order valence-corrected chi connectivity index (χ3v) is 2.43. The summed E-state index contributed by atoms with van der Waals surface area (Å²) in [5.74, 6) is 0.433. The lowest BCUT2D eigenvalue weighted by atomic mass is 10.4. The summed E-state index contributed by atoms with van der Waals surface area (Å²) in [6.07, 6.45) is 0. The molecule has 1 heterocycles. The van der Waals surface area contributed by atoms with Gasteiger partial charge in [-0.05, 0) is 6.07 Å². The van der Waals surface area contributed by atoms with E-state index in [4.69, 9.17) is 46.4 Å². The van der Waals surface area contributed by atoms with Crippen LogP contribution in [-0.4, -0.2) is 11.5 Å². The molecule has 0 aliphatic carbocycles. The van der Waals surface area contributed by atoms with Crippen molar-refractivity contribution in [3.05, 3.63) is 32.9 Å². The van der Waals surface area contributed by atoms with Gasteiger partial charge in [0.15, 0.2) is 0 Å². The number of anilines is 1. The molecule has 1 rings (SSSR count). The van der Waals surface area contributed by atoms with E-state index in [0.29, 0.717) is 27.4 Å². The molecule has 0 atom stereocenters. The molecule has 0 aromatic carbocycles. The Hall–Kier alpha value is -0.150. The lowest BCUT2D eigenvalue weighted by Crippen LogP contribution is -2.03. The van der Waals surface area contributed by atoms with Crippen molar-refractivity contribution in [2.45, 2.75) is 0 Å². The minimum absolute atomic E-state index is 0.193. The highest BCUT2D eigenvalue weighted by molar-refractivity contribution is 6.42. The van der Waals surface area contributed by atoms with Crippen LogP contribution in [0.3, 0.4) is 0 Å². The molecule has 2 nitrogen and oxygen atoms in total. The summed E-state index contributed by atoms with van der Waals surface area (Å²) in [5.41, 5.74) is 0. The summed E-state index contributed by atoms with van der Waals surface area (Å²) in [4.78, 5) is 3.93. The van der Waals surface area contributed by atoms with Crippen LogP contribution < -0.4 is 5.32 Å². The van der Waals surface area contributed by atoms with Crippen LogP contribution in [0.2, 0.25) is 15.2 Å². The third kappa shape index (κ3) is 3.21. The van der Waals surface area contributed by atoms with Crippen molar-refractivity contribution < 1.29 is 0 Å². The van der Waals surface area contributed by atoms with Gasteiger partial charge in [0.2, 0.25) is 0 Å². The van der Waals surface area contributed by atoms with E-state index in [1.165, 1.54) is 6.07 Å². The molecule has 1 N–H and O–H groups in total. The van der Waals surface area contributed by atoms with Gasteiger partial charge in [0.05, 0.1) is 16.6 Å². The van der Waals surface area contributed by atoms with Crippen LogP contribution in [0.1, 0.15) is 0 Å². The molecule has 0 fully saturated rings. The van der Waals surface area contributed by atoms with Crippen LogP contribution in [-0.2, 0) is 0 Å². The number of halogens is 4. The van der Waals surface area contributed by atoms with Crippen LogP contribution in [0, 0.1) is 0 Å². The highest BCUT2D eigenvalue weighted by Gasteiger charge is 2.06. The van der Waals surface area contributed by atoms with Crippen molar-refractivity contribution in [2.75, 3.05) is 11.9 Å². The minimum atomic E-state index is 0.193. The Morgan fingerprint density at radius 2 is 2.00 bits per heavy atom. The lowest BCUT2D eigenvalue weighted by molar-refractivity contribution is 1.22. The largest absolute Gasteiger partial charge is 0.364 e. The highest BCUT2D eigenvalue weighted by Crippen LogP contribution is 2.28. The van der Waals surface area contributed by atoms with Gasteiger partial charge < -0.3 is 5.32 Å². The number of nitrogens with one attached hydrogen (secondary N) is 1. The summed E-state index contributed by atoms with van der Waals surface area (Å²) in [7, 11) is 0. The molecule has 14 heavy (non-hydrogen) atoms. The van der Waals surface area contributed by atoms with Crippen molar-refractivity contribution >= 4 is 52.2 Å². The lowest BCUT2D eigenvalue weighted by Gasteiger charge is -2.07. The van der Waals surface area contributed by atoms with Crippen LogP contribution in [0.5, 0.6) is 0 Å². The molecule has 0 radical (unpaired) electrons. The maximum absolute atomic E-state index is 5.84. The number of hydrogen-bond acceptors (Lipinski definition) is 2. The zero-order chi connectivity index (χ0) is 10.7. The zero-order valence-electron chi connectivity index (χ0n) is 6.95. The van der Waals surface area contributed by atoms with Gasteiger partial charge >= 0.3 is 0 Å². The van der Waals surface area contributed by atoms with Gasteiger partial charge in [0.1, 0.15) is 11.0 Å². The molecule has 0 saturated carbocycles. The molecule has 76 valence electrons. The fraction of sp³-hybridized carbons (Fsp3) is 0.125. The Bertz CT molecular complexity index is 365. The smallest absolute Gasteiger partial charge is 0.150 e. The van der Waals surface area contributed by atoms with E-state index in [-0.39, 0.29) is 5.15 Å². The van der Waals surface area contributed by atoms with Gasteiger partial charge in [0, 0.05) is 5.03 Å². The molecule has 1 aromatic rings. The van der Waals surface area contributed by atoms with E-state index in [1.54, 1.807) is 0 Å². The quantitative estimate of drug-likeness (QED) is 0.834. The number of hydrogen-bond donors (Lipinski definition) is 1. The maximum atomic E-state index is 5.84. The van der Waals surface area contributed by atoms with Gasteiger partial charge in [-0.15, -0.1) is 0 Å². The van der Waals surface area contributed by atoms with Crippen LogP contribution in [0.25, 0.3) is 0 Å². The molecular weight excluding hydrogens is 266 g/mol. The molecule has 0 saturated heterocycles. The summed E-state index contributed by atoms with van der Waals surface area (Å²) in [5, 5.41) is 4.21. The Morgan fingerprint density at radius 1 is 1.36 bits per heavy atom. The second-order valence-electron chi connectivity index (χ2n) is 2.46. The number of nitrogens with zero attached hydrogens (tertiary/aromatic N) is 1. The van der Waals surface area contributed by atoms with Gasteiger partial charge in [-0.2, -0.15) is 0 Å². The van der Waals surface area contributed by atoms with E-state index in [1.807, 2.05) is 0 Å². The first-order chi connectivity index (χ1) is 6.50. The van der Waals surface area contributed by atoms with Gasteiger partial charge in [0.25, 0.3) is 0 Å². The first-order valence-electron chi connectivity index (χ1n) is 3.59. The first kappa shape index (κ1) is 11.9. The Balaban J connectivity index is 2.87. The van der Waals surface area contributed by atoms with Gasteiger partial charge in [-0.25, -0.2) is 4.98 Å². The van der Waals surface area contributed by atoms with Gasteiger partial charge in [-0.1, -0.05) is 53.0 Å². The second-order valence-corrected chi connectivity index (χ2v) is 4.17. The Morgan fingerprint density at radius 3 is 2.57 bits per heavy atom. The standard InChI is InChI=1S/C8H6Cl4N2/c1-4(9)3-13-8-6(11)2-5(10)7(12)14-8/h2H,1,3H2,(H,13,14). The van der Waals surface area contributed by atoms with Crippen molar-refractivity contribution in [2.24, 2.45) is 0 Å². The molecule has 1 aromatic heterocycles. The number of rotatable bonds is 3. The van der Waals surface area contributed by atoms with E-state index in [9.17, 15) is 0 Å². The fourth-order valence-corrected chi connectivity index (χ4v) is 1.38. The third-order valence-electron chi connectivity index (χ3n) is 1.33. The van der Waals surface area contributed by atoms with Crippen molar-refractivity contribution in [1.29, 1.82) is 0 Å². The van der Waals surface area contributed by atoms with E-state index in [2.05, 4.69) is 16.9 Å². The van der Waals surface area contributed by atoms with E-state index in [0.717, 1.165) is 0 Å². The Labute approximate surface area is 102 Å². The maximum Gasteiger partial charge on any atom is 0.150 e. The molecule has 0 aliphatic rings. The molecule has 0 bridgehead atoms. The molecule has 6 heteroatoms. The first-order valence-corrected chi connectivity index (χ1v) is 5.10. The van der Waals surface area contributed by atoms with Crippen molar-refractivity contribution in [1.82, 2.24) is 4.98 Å². The topological polar surface area (TPSA) is 24.9 Å². The van der Waals surface area contributed by atoms with Crippen LogP contribution in [0.4, 0.5) is 5.82 Å². The SMILES string of the molecule is C=C(Cl)CNc1nc(Cl)c(Cl)cc1Cl. The predicted molar refractivity (Wildman–Crippen MR) is 62.7 cm³/mol. The molecule has 0 amide bonds. The normalized spacial score (nSPS) is 10.0. The summed E-state index contributed by atoms with van der Waals surface area (Å²) < 4.78 is 0. The Kier molecular flexibility index (Phi) is 4.32. The minimum Gasteiger partial charge on any atom is -0.364 e. The number of aromatic nitrogens is 1. The monoisotopic (exact) mass is 270 g/mol. The van der Waals surface area contributed by atoms with E-state index >= 15 is 0 Å².